The number of likely N-dealkylation sites (tertiary alicyclic amines) is 2. The lowest BCUT2D eigenvalue weighted by Gasteiger charge is -2.26. The Kier molecular flexibility index (Phi) is 5.92. The summed E-state index contributed by atoms with van der Waals surface area (Å²) >= 11 is 0. The number of aromatic amines is 1. The van der Waals surface area contributed by atoms with Gasteiger partial charge in [0.15, 0.2) is 0 Å². The predicted molar refractivity (Wildman–Crippen MR) is 129 cm³/mol. The number of rotatable bonds is 4. The molecule has 5 rings (SSSR count). The second-order valence-electron chi connectivity index (χ2n) is 9.37. The van der Waals surface area contributed by atoms with Crippen LogP contribution >= 0.6 is 0 Å². The van der Waals surface area contributed by atoms with Gasteiger partial charge in [0.2, 0.25) is 5.91 Å². The van der Waals surface area contributed by atoms with Crippen LogP contribution in [-0.4, -0.2) is 64.3 Å². The molecule has 2 saturated heterocycles. The van der Waals surface area contributed by atoms with Gasteiger partial charge in [0, 0.05) is 30.9 Å². The van der Waals surface area contributed by atoms with Gasteiger partial charge in [0.1, 0.15) is 17.6 Å². The van der Waals surface area contributed by atoms with Crippen molar-refractivity contribution in [2.45, 2.75) is 37.8 Å². The zero-order valence-corrected chi connectivity index (χ0v) is 19.5. The van der Waals surface area contributed by atoms with Crippen molar-refractivity contribution in [2.75, 3.05) is 19.6 Å². The highest BCUT2D eigenvalue weighted by Gasteiger charge is 2.42. The molecule has 3 atom stereocenters. The van der Waals surface area contributed by atoms with E-state index in [2.05, 4.69) is 10.3 Å². The molecule has 4 N–H and O–H groups in total. The van der Waals surface area contributed by atoms with Crippen LogP contribution in [0.2, 0.25) is 0 Å². The molecule has 3 aromatic rings. The fraction of sp³-hybridized carbons (Fsp3) is 0.346. The molecule has 0 aliphatic carbocycles. The molecule has 4 amide bonds. The normalized spacial score (nSPS) is 22.1. The summed E-state index contributed by atoms with van der Waals surface area (Å²) in [5.74, 6) is -1.06. The number of nitrogens with one attached hydrogen (secondary N) is 2. The number of nitrogens with two attached hydrogens (primary N) is 1. The number of hydrogen-bond acceptors (Lipinski definition) is 3. The van der Waals surface area contributed by atoms with Crippen molar-refractivity contribution >= 4 is 28.7 Å². The number of carbonyl (C=O) groups excluding carboxylic acids is 3. The lowest BCUT2D eigenvalue weighted by atomic mass is 9.94. The van der Waals surface area contributed by atoms with E-state index in [1.807, 2.05) is 37.3 Å². The fourth-order valence-electron chi connectivity index (χ4n) is 5.36. The molecule has 2 aromatic carbocycles. The number of H-pyrrole nitrogens is 1. The molecule has 0 unspecified atom stereocenters. The molecule has 2 aliphatic heterocycles. The Bertz CT molecular complexity index is 1250. The van der Waals surface area contributed by atoms with E-state index in [-0.39, 0.29) is 29.5 Å². The zero-order valence-electron chi connectivity index (χ0n) is 19.5. The highest BCUT2D eigenvalue weighted by molar-refractivity contribution is 5.99. The highest BCUT2D eigenvalue weighted by Crippen LogP contribution is 2.31. The van der Waals surface area contributed by atoms with Crippen molar-refractivity contribution in [1.82, 2.24) is 20.1 Å². The van der Waals surface area contributed by atoms with Crippen LogP contribution in [0.3, 0.4) is 0 Å². The van der Waals surface area contributed by atoms with E-state index in [0.717, 1.165) is 17.5 Å². The summed E-state index contributed by atoms with van der Waals surface area (Å²) < 4.78 is 14.3. The van der Waals surface area contributed by atoms with Crippen LogP contribution in [0.5, 0.6) is 0 Å². The third-order valence-corrected chi connectivity index (χ3v) is 7.20. The SMILES string of the molecule is Cc1ccc(F)c2[nH]c(C(=O)N[C@@H]3CN(C(=O)[C@@H]4CCCN4C(N)=O)C[C@H]3c3ccccc3)cc12. The second kappa shape index (κ2) is 9.05. The number of fused-ring (bicyclic) bond motifs is 1. The Labute approximate surface area is 202 Å². The average molecular weight is 478 g/mol. The van der Waals surface area contributed by atoms with Gasteiger partial charge in [-0.2, -0.15) is 0 Å². The van der Waals surface area contributed by atoms with Crippen molar-refractivity contribution < 1.29 is 18.8 Å². The maximum atomic E-state index is 14.3. The summed E-state index contributed by atoms with van der Waals surface area (Å²) in [6.07, 6.45) is 1.30. The van der Waals surface area contributed by atoms with Gasteiger partial charge >= 0.3 is 6.03 Å². The van der Waals surface area contributed by atoms with Gasteiger partial charge in [-0.15, -0.1) is 0 Å². The van der Waals surface area contributed by atoms with Gasteiger partial charge in [-0.25, -0.2) is 9.18 Å². The quantitative estimate of drug-likeness (QED) is 0.537. The first-order valence-corrected chi connectivity index (χ1v) is 11.8. The molecule has 3 heterocycles. The van der Waals surface area contributed by atoms with Crippen molar-refractivity contribution in [1.29, 1.82) is 0 Å². The first-order valence-electron chi connectivity index (χ1n) is 11.8. The highest BCUT2D eigenvalue weighted by atomic mass is 19.1. The topological polar surface area (TPSA) is 112 Å². The number of halogens is 1. The first kappa shape index (κ1) is 22.9. The molecule has 8 nitrogen and oxygen atoms in total. The molecule has 182 valence electrons. The molecule has 35 heavy (non-hydrogen) atoms. The van der Waals surface area contributed by atoms with Crippen LogP contribution in [0, 0.1) is 12.7 Å². The number of primary amides is 1. The third kappa shape index (κ3) is 4.22. The Balaban J connectivity index is 1.39. The van der Waals surface area contributed by atoms with E-state index in [1.165, 1.54) is 11.0 Å². The summed E-state index contributed by atoms with van der Waals surface area (Å²) in [5.41, 5.74) is 7.92. The number of urea groups is 1. The molecule has 0 spiro atoms. The Morgan fingerprint density at radius 1 is 1.11 bits per heavy atom. The number of nitrogens with zero attached hydrogens (tertiary/aromatic N) is 2. The van der Waals surface area contributed by atoms with E-state index in [4.69, 9.17) is 5.73 Å². The zero-order chi connectivity index (χ0) is 24.7. The first-order chi connectivity index (χ1) is 16.8. The monoisotopic (exact) mass is 477 g/mol. The second-order valence-corrected chi connectivity index (χ2v) is 9.37. The van der Waals surface area contributed by atoms with Gasteiger partial charge in [-0.3, -0.25) is 9.59 Å². The lowest BCUT2D eigenvalue weighted by molar-refractivity contribution is -0.134. The van der Waals surface area contributed by atoms with E-state index in [0.29, 0.717) is 37.0 Å². The summed E-state index contributed by atoms with van der Waals surface area (Å²) in [4.78, 5) is 44.4. The molecule has 2 aliphatic rings. The van der Waals surface area contributed by atoms with Crippen LogP contribution in [0.15, 0.2) is 48.5 Å². The number of hydrogen-bond donors (Lipinski definition) is 3. The number of benzene rings is 2. The largest absolute Gasteiger partial charge is 0.351 e. The third-order valence-electron chi connectivity index (χ3n) is 7.20. The number of aryl methyl sites for hydroxylation is 1. The molecular weight excluding hydrogens is 449 g/mol. The molecule has 0 radical (unpaired) electrons. The predicted octanol–water partition coefficient (Wildman–Crippen LogP) is 2.88. The minimum absolute atomic E-state index is 0.129. The van der Waals surface area contributed by atoms with E-state index >= 15 is 0 Å². The number of amides is 4. The van der Waals surface area contributed by atoms with Crippen LogP contribution in [0.25, 0.3) is 10.9 Å². The smallest absolute Gasteiger partial charge is 0.315 e. The Morgan fingerprint density at radius 3 is 2.60 bits per heavy atom. The van der Waals surface area contributed by atoms with Gasteiger partial charge < -0.3 is 25.8 Å². The molecular formula is C26H28FN5O3. The van der Waals surface area contributed by atoms with Crippen LogP contribution in [0.1, 0.15) is 40.4 Å². The van der Waals surface area contributed by atoms with Crippen molar-refractivity contribution in [2.24, 2.45) is 5.73 Å². The van der Waals surface area contributed by atoms with E-state index < -0.39 is 17.9 Å². The standard InChI is InChI=1S/C26H28FN5O3/c1-15-9-10-19(27)23-17(15)12-20(29-23)24(33)30-21-14-31(13-18(21)16-6-3-2-4-7-16)25(34)22-8-5-11-32(22)26(28)35/h2-4,6-7,9-10,12,18,21-22,29H,5,8,11,13-14H2,1H3,(H2,28,35)(H,30,33)/t18-,21+,22-/m0/s1. The summed E-state index contributed by atoms with van der Waals surface area (Å²) in [5, 5.41) is 3.72. The molecule has 1 aromatic heterocycles. The maximum Gasteiger partial charge on any atom is 0.315 e. The maximum absolute atomic E-state index is 14.3. The Hall–Kier alpha value is -3.88. The van der Waals surface area contributed by atoms with Crippen LogP contribution in [0.4, 0.5) is 9.18 Å². The number of aromatic nitrogens is 1. The van der Waals surface area contributed by atoms with Gasteiger partial charge in [0.25, 0.3) is 5.91 Å². The van der Waals surface area contributed by atoms with Gasteiger partial charge in [0.05, 0.1) is 11.6 Å². The molecule has 9 heteroatoms. The summed E-state index contributed by atoms with van der Waals surface area (Å²) in [6, 6.07) is 12.9. The summed E-state index contributed by atoms with van der Waals surface area (Å²) in [6.45, 7) is 3.05. The van der Waals surface area contributed by atoms with E-state index in [1.54, 1.807) is 17.0 Å². The van der Waals surface area contributed by atoms with Crippen molar-refractivity contribution in [3.63, 3.8) is 0 Å². The summed E-state index contributed by atoms with van der Waals surface area (Å²) in [7, 11) is 0. The van der Waals surface area contributed by atoms with E-state index in [9.17, 15) is 18.8 Å². The number of carbonyl (C=O) groups is 3. The van der Waals surface area contributed by atoms with Gasteiger partial charge in [-0.1, -0.05) is 36.4 Å². The fourth-order valence-corrected chi connectivity index (χ4v) is 5.36. The Morgan fingerprint density at radius 2 is 1.89 bits per heavy atom. The lowest BCUT2D eigenvalue weighted by Crippen LogP contribution is -2.49. The van der Waals surface area contributed by atoms with Crippen molar-refractivity contribution in [3.05, 3.63) is 71.2 Å². The minimum Gasteiger partial charge on any atom is -0.351 e. The average Bonchev–Trinajstić information content (AvgIpc) is 3.60. The molecule has 0 bridgehead atoms. The van der Waals surface area contributed by atoms with Crippen LogP contribution in [-0.2, 0) is 4.79 Å². The molecule has 2 fully saturated rings. The van der Waals surface area contributed by atoms with Crippen molar-refractivity contribution in [3.8, 4) is 0 Å². The van der Waals surface area contributed by atoms with Gasteiger partial charge in [-0.05, 0) is 43.0 Å². The molecule has 0 saturated carbocycles. The minimum atomic E-state index is -0.592. The van der Waals surface area contributed by atoms with Crippen LogP contribution < -0.4 is 11.1 Å².